The Morgan fingerprint density at radius 1 is 1.54 bits per heavy atom. The van der Waals surface area contributed by atoms with Crippen LogP contribution in [0, 0.1) is 0 Å². The van der Waals surface area contributed by atoms with Crippen molar-refractivity contribution in [2.24, 2.45) is 0 Å². The van der Waals surface area contributed by atoms with Crippen LogP contribution in [0.25, 0.3) is 0 Å². The van der Waals surface area contributed by atoms with E-state index >= 15 is 0 Å². The van der Waals surface area contributed by atoms with E-state index in [2.05, 4.69) is 15.4 Å². The normalized spacial score (nSPS) is 9.69. The second-order valence-corrected chi connectivity index (χ2v) is 3.03. The van der Waals surface area contributed by atoms with Gasteiger partial charge in [0.15, 0.2) is 10.3 Å². The van der Waals surface area contributed by atoms with Crippen molar-refractivity contribution in [3.05, 3.63) is 21.9 Å². The highest BCUT2D eigenvalue weighted by molar-refractivity contribution is 6.64. The molecule has 0 aromatic carbocycles. The summed E-state index contributed by atoms with van der Waals surface area (Å²) in [7, 11) is 0.274. The molecule has 68 valence electrons. The molecule has 1 aromatic rings. The van der Waals surface area contributed by atoms with Gasteiger partial charge in [0.1, 0.15) is 0 Å². The number of nitrogens with one attached hydrogen (secondary N) is 1. The van der Waals surface area contributed by atoms with Crippen molar-refractivity contribution in [2.75, 3.05) is 0 Å². The molecular formula is C6H6BCl2N3O. The quantitative estimate of drug-likeness (QED) is 0.451. The van der Waals surface area contributed by atoms with Crippen molar-refractivity contribution in [2.45, 2.75) is 6.54 Å². The van der Waals surface area contributed by atoms with Crippen LogP contribution in [0.5, 0.6) is 0 Å². The molecule has 1 rings (SSSR count). The average Bonchev–Trinajstić information content (AvgIpc) is 2.11. The van der Waals surface area contributed by atoms with E-state index in [1.165, 1.54) is 0 Å². The number of rotatable bonds is 4. The molecule has 1 aromatic heterocycles. The van der Waals surface area contributed by atoms with E-state index in [9.17, 15) is 4.79 Å². The van der Waals surface area contributed by atoms with Crippen LogP contribution in [0.2, 0.25) is 10.3 Å². The third kappa shape index (κ3) is 3.30. The monoisotopic (exact) mass is 217 g/mol. The van der Waals surface area contributed by atoms with Gasteiger partial charge in [0, 0.05) is 12.1 Å². The summed E-state index contributed by atoms with van der Waals surface area (Å²) in [4.78, 5) is 10.00. The number of aromatic nitrogens is 2. The third-order valence-corrected chi connectivity index (χ3v) is 1.84. The topological polar surface area (TPSA) is 54.9 Å². The molecule has 0 aliphatic heterocycles. The Balaban J connectivity index is 2.64. The summed E-state index contributed by atoms with van der Waals surface area (Å²) >= 11 is 11.3. The lowest BCUT2D eigenvalue weighted by Gasteiger charge is -2.01. The lowest BCUT2D eigenvalue weighted by molar-refractivity contribution is 0.567. The highest BCUT2D eigenvalue weighted by Gasteiger charge is 2.03. The van der Waals surface area contributed by atoms with Gasteiger partial charge in [0.05, 0.1) is 6.19 Å². The largest absolute Gasteiger partial charge is 0.349 e. The minimum absolute atomic E-state index is 0.274. The molecule has 1 heterocycles. The van der Waals surface area contributed by atoms with Crippen molar-refractivity contribution < 1.29 is 4.79 Å². The summed E-state index contributed by atoms with van der Waals surface area (Å²) < 4.78 is 0. The van der Waals surface area contributed by atoms with Gasteiger partial charge in [-0.1, -0.05) is 23.2 Å². The maximum Gasteiger partial charge on any atom is 0.278 e. The van der Waals surface area contributed by atoms with Crippen molar-refractivity contribution >= 4 is 36.8 Å². The lowest BCUT2D eigenvalue weighted by atomic mass is 9.99. The predicted octanol–water partition coefficient (Wildman–Crippen LogP) is 0.415. The van der Waals surface area contributed by atoms with Crippen LogP contribution >= 0.6 is 23.2 Å². The standard InChI is InChI=1S/C6H6BCl2N3O/c8-5-1-4(2-10-7-3-13)6(9)12-11-5/h1,3,7,10H,2H2. The van der Waals surface area contributed by atoms with Crippen molar-refractivity contribution in [1.82, 2.24) is 15.4 Å². The molecule has 0 radical (unpaired) electrons. The Bertz CT molecular complexity index is 310. The third-order valence-electron chi connectivity index (χ3n) is 1.33. The molecule has 4 nitrogen and oxygen atoms in total. The Labute approximate surface area is 85.9 Å². The van der Waals surface area contributed by atoms with E-state index in [0.717, 1.165) is 11.7 Å². The molecule has 0 bridgehead atoms. The molecule has 0 atom stereocenters. The van der Waals surface area contributed by atoms with Gasteiger partial charge >= 0.3 is 0 Å². The van der Waals surface area contributed by atoms with Gasteiger partial charge < -0.3 is 10.0 Å². The van der Waals surface area contributed by atoms with Gasteiger partial charge in [0.25, 0.3) is 7.41 Å². The number of carbonyl (C=O) groups excluding carboxylic acids is 1. The Hall–Kier alpha value is -0.645. The highest BCUT2D eigenvalue weighted by Crippen LogP contribution is 2.14. The van der Waals surface area contributed by atoms with Crippen LogP contribution < -0.4 is 5.23 Å². The van der Waals surface area contributed by atoms with Crippen LogP contribution in [-0.2, 0) is 11.3 Å². The molecule has 0 amide bonds. The fourth-order valence-corrected chi connectivity index (χ4v) is 1.11. The molecule has 0 saturated heterocycles. The zero-order chi connectivity index (χ0) is 9.68. The van der Waals surface area contributed by atoms with Gasteiger partial charge in [-0.15, -0.1) is 10.2 Å². The first-order chi connectivity index (χ1) is 6.24. The van der Waals surface area contributed by atoms with Gasteiger partial charge in [-0.2, -0.15) is 0 Å². The Morgan fingerprint density at radius 3 is 3.00 bits per heavy atom. The van der Waals surface area contributed by atoms with Crippen molar-refractivity contribution in [3.63, 3.8) is 0 Å². The molecule has 0 aliphatic rings. The second kappa shape index (κ2) is 5.16. The lowest BCUT2D eigenvalue weighted by Crippen LogP contribution is -2.20. The van der Waals surface area contributed by atoms with E-state index in [4.69, 9.17) is 23.2 Å². The van der Waals surface area contributed by atoms with Crippen LogP contribution in [0.15, 0.2) is 6.07 Å². The van der Waals surface area contributed by atoms with Crippen LogP contribution in [-0.4, -0.2) is 23.8 Å². The molecule has 0 aliphatic carbocycles. The SMILES string of the molecule is O=CBNCc1cc(Cl)nnc1Cl. The van der Waals surface area contributed by atoms with E-state index in [1.54, 1.807) is 6.07 Å². The first-order valence-corrected chi connectivity index (χ1v) is 4.31. The number of hydrogen-bond acceptors (Lipinski definition) is 4. The summed E-state index contributed by atoms with van der Waals surface area (Å²) in [5.41, 5.74) is 0.725. The summed E-state index contributed by atoms with van der Waals surface area (Å²) in [5, 5.41) is 10.6. The minimum atomic E-state index is 0.274. The van der Waals surface area contributed by atoms with Crippen molar-refractivity contribution in [1.29, 1.82) is 0 Å². The van der Waals surface area contributed by atoms with Crippen molar-refractivity contribution in [3.8, 4) is 0 Å². The molecule has 0 saturated carbocycles. The first-order valence-electron chi connectivity index (χ1n) is 3.56. The maximum absolute atomic E-state index is 10.00. The number of hydrogen-bond donors (Lipinski definition) is 1. The zero-order valence-electron chi connectivity index (χ0n) is 6.63. The van der Waals surface area contributed by atoms with E-state index < -0.39 is 0 Å². The molecule has 1 N–H and O–H groups in total. The van der Waals surface area contributed by atoms with Crippen LogP contribution in [0.3, 0.4) is 0 Å². The Morgan fingerprint density at radius 2 is 2.31 bits per heavy atom. The minimum Gasteiger partial charge on any atom is -0.349 e. The fourth-order valence-electron chi connectivity index (χ4n) is 0.778. The fraction of sp³-hybridized carbons (Fsp3) is 0.167. The van der Waals surface area contributed by atoms with Gasteiger partial charge in [-0.3, -0.25) is 0 Å². The van der Waals surface area contributed by atoms with Crippen LogP contribution in [0.4, 0.5) is 0 Å². The molecule has 0 spiro atoms. The molecular weight excluding hydrogens is 212 g/mol. The van der Waals surface area contributed by atoms with Gasteiger partial charge in [-0.05, 0) is 6.07 Å². The molecule has 13 heavy (non-hydrogen) atoms. The summed E-state index contributed by atoms with van der Waals surface area (Å²) in [5.74, 6) is 0. The van der Waals surface area contributed by atoms with E-state index in [1.807, 2.05) is 0 Å². The summed E-state index contributed by atoms with van der Waals surface area (Å²) in [6.45, 7) is 0.451. The summed E-state index contributed by atoms with van der Waals surface area (Å²) in [6, 6.07) is 1.61. The summed E-state index contributed by atoms with van der Waals surface area (Å²) in [6.07, 6.45) is 0.768. The maximum atomic E-state index is 10.00. The number of carbonyl (C=O) groups is 1. The molecule has 7 heteroatoms. The number of halogens is 2. The van der Waals surface area contributed by atoms with Gasteiger partial charge in [0.2, 0.25) is 0 Å². The van der Waals surface area contributed by atoms with E-state index in [-0.39, 0.29) is 12.6 Å². The predicted molar refractivity (Wildman–Crippen MR) is 52.8 cm³/mol. The molecule has 0 unspecified atom stereocenters. The van der Waals surface area contributed by atoms with E-state index in [0.29, 0.717) is 11.7 Å². The first kappa shape index (κ1) is 10.4. The second-order valence-electron chi connectivity index (χ2n) is 2.28. The molecule has 0 fully saturated rings. The Kier molecular flexibility index (Phi) is 4.15. The highest BCUT2D eigenvalue weighted by atomic mass is 35.5. The smallest absolute Gasteiger partial charge is 0.278 e. The zero-order valence-corrected chi connectivity index (χ0v) is 8.14. The average molecular weight is 218 g/mol. The van der Waals surface area contributed by atoms with Gasteiger partial charge in [-0.25, -0.2) is 0 Å². The van der Waals surface area contributed by atoms with Crippen LogP contribution in [0.1, 0.15) is 5.56 Å². The number of nitrogens with zero attached hydrogens (tertiary/aromatic N) is 2.